The van der Waals surface area contributed by atoms with E-state index in [1.54, 1.807) is 11.1 Å². The highest BCUT2D eigenvalue weighted by Crippen LogP contribution is 2.74. The smallest absolute Gasteiger partial charge is 0.0616 e. The molecule has 0 unspecified atom stereocenters. The van der Waals surface area contributed by atoms with Gasteiger partial charge in [-0.25, -0.2) is 0 Å². The first-order chi connectivity index (χ1) is 14.7. The van der Waals surface area contributed by atoms with Crippen molar-refractivity contribution >= 4 is 0 Å². The standard InChI is InChI=1S/C30H48O2/c1-18(2)24-20(31)17-27(5)15-16-29(7)19(25(24)27)9-10-22-28(6)13-12-23(32)26(3,4)21(28)11-14-30(22,29)8/h9-10,18,20-24,31-32H,11-17H2,1-8H3/t20-,21+,22-,23+,24-,27+,28+,29-,30-/m1/s1. The highest BCUT2D eigenvalue weighted by atomic mass is 16.3. The van der Waals surface area contributed by atoms with Crippen LogP contribution in [0, 0.1) is 50.7 Å². The summed E-state index contributed by atoms with van der Waals surface area (Å²) in [4.78, 5) is 0. The fourth-order valence-electron chi connectivity index (χ4n) is 10.4. The molecule has 2 N–H and O–H groups in total. The van der Waals surface area contributed by atoms with Gasteiger partial charge in [0.25, 0.3) is 0 Å². The van der Waals surface area contributed by atoms with Gasteiger partial charge < -0.3 is 10.2 Å². The van der Waals surface area contributed by atoms with Gasteiger partial charge in [0.1, 0.15) is 0 Å². The van der Waals surface area contributed by atoms with E-state index in [0.717, 1.165) is 19.3 Å². The summed E-state index contributed by atoms with van der Waals surface area (Å²) in [7, 11) is 0. The van der Waals surface area contributed by atoms with Gasteiger partial charge in [0.2, 0.25) is 0 Å². The van der Waals surface area contributed by atoms with Crippen molar-refractivity contribution < 1.29 is 10.2 Å². The van der Waals surface area contributed by atoms with Crippen molar-refractivity contribution in [1.29, 1.82) is 0 Å². The van der Waals surface area contributed by atoms with Crippen LogP contribution in [0.2, 0.25) is 0 Å². The summed E-state index contributed by atoms with van der Waals surface area (Å²) in [5, 5.41) is 22.0. The molecule has 0 amide bonds. The van der Waals surface area contributed by atoms with Crippen LogP contribution < -0.4 is 0 Å². The third-order valence-electron chi connectivity index (χ3n) is 12.4. The van der Waals surface area contributed by atoms with Gasteiger partial charge in [-0.15, -0.1) is 0 Å². The Bertz CT molecular complexity index is 866. The summed E-state index contributed by atoms with van der Waals surface area (Å²) in [6.45, 7) is 19.4. The number of hydrogen-bond acceptors (Lipinski definition) is 2. The molecule has 0 radical (unpaired) electrons. The largest absolute Gasteiger partial charge is 0.393 e. The summed E-state index contributed by atoms with van der Waals surface area (Å²) in [5.41, 5.74) is 4.02. The summed E-state index contributed by atoms with van der Waals surface area (Å²) in [6.07, 6.45) is 12.7. The Labute approximate surface area is 197 Å². The Kier molecular flexibility index (Phi) is 4.88. The lowest BCUT2D eigenvalue weighted by atomic mass is 9.36. The van der Waals surface area contributed by atoms with Crippen molar-refractivity contribution in [2.75, 3.05) is 0 Å². The van der Waals surface area contributed by atoms with Crippen LogP contribution >= 0.6 is 0 Å². The molecule has 2 heteroatoms. The second-order valence-corrected chi connectivity index (χ2v) is 14.5. The van der Waals surface area contributed by atoms with Crippen molar-refractivity contribution in [1.82, 2.24) is 0 Å². The minimum Gasteiger partial charge on any atom is -0.393 e. The first-order valence-corrected chi connectivity index (χ1v) is 13.5. The SMILES string of the molecule is CC(C)[C@H]1C2=C3C=C[C@@H]4[C@@]5(C)CC[C@H](O)C(C)(C)[C@@H]5CC[C@@]4(C)[C@]3(C)CC[C@@]2(C)C[C@H]1O. The van der Waals surface area contributed by atoms with E-state index in [1.807, 2.05) is 0 Å². The highest BCUT2D eigenvalue weighted by molar-refractivity contribution is 5.47. The third kappa shape index (κ3) is 2.61. The fraction of sp³-hybridized carbons (Fsp3) is 0.867. The molecule has 0 spiro atoms. The van der Waals surface area contributed by atoms with E-state index in [0.29, 0.717) is 23.7 Å². The normalized spacial score (nSPS) is 54.2. The lowest BCUT2D eigenvalue weighted by Gasteiger charge is -2.69. The van der Waals surface area contributed by atoms with Crippen LogP contribution in [0.1, 0.15) is 100 Å². The van der Waals surface area contributed by atoms with E-state index in [4.69, 9.17) is 0 Å². The van der Waals surface area contributed by atoms with Gasteiger partial charge in [0.15, 0.2) is 0 Å². The minimum absolute atomic E-state index is 0.00868. The Morgan fingerprint density at radius 2 is 1.59 bits per heavy atom. The van der Waals surface area contributed by atoms with Gasteiger partial charge >= 0.3 is 0 Å². The van der Waals surface area contributed by atoms with Gasteiger partial charge in [0.05, 0.1) is 12.2 Å². The van der Waals surface area contributed by atoms with Crippen molar-refractivity contribution in [3.8, 4) is 0 Å². The molecule has 32 heavy (non-hydrogen) atoms. The fourth-order valence-corrected chi connectivity index (χ4v) is 10.4. The molecule has 180 valence electrons. The van der Waals surface area contributed by atoms with Crippen molar-refractivity contribution in [2.24, 2.45) is 50.7 Å². The molecule has 0 aromatic carbocycles. The van der Waals surface area contributed by atoms with Crippen LogP contribution in [0.5, 0.6) is 0 Å². The molecule has 0 heterocycles. The molecule has 5 rings (SSSR count). The second kappa shape index (κ2) is 6.75. The van der Waals surface area contributed by atoms with Crippen LogP contribution in [-0.4, -0.2) is 22.4 Å². The summed E-state index contributed by atoms with van der Waals surface area (Å²) < 4.78 is 0. The molecule has 0 aliphatic heterocycles. The van der Waals surface area contributed by atoms with E-state index < -0.39 is 0 Å². The Morgan fingerprint density at radius 1 is 0.906 bits per heavy atom. The summed E-state index contributed by atoms with van der Waals surface area (Å²) in [6, 6.07) is 0. The average Bonchev–Trinajstić information content (AvgIpc) is 2.96. The van der Waals surface area contributed by atoms with Crippen LogP contribution in [0.4, 0.5) is 0 Å². The molecule has 3 saturated carbocycles. The van der Waals surface area contributed by atoms with Crippen LogP contribution in [-0.2, 0) is 0 Å². The summed E-state index contributed by atoms with van der Waals surface area (Å²) in [5.74, 6) is 1.91. The molecular weight excluding hydrogens is 392 g/mol. The molecule has 2 nitrogen and oxygen atoms in total. The molecule has 9 atom stereocenters. The number of aliphatic hydroxyl groups excluding tert-OH is 2. The number of aliphatic hydroxyl groups is 2. The molecule has 0 bridgehead atoms. The first-order valence-electron chi connectivity index (χ1n) is 13.5. The van der Waals surface area contributed by atoms with E-state index >= 15 is 0 Å². The van der Waals surface area contributed by atoms with Gasteiger partial charge in [-0.05, 0) is 95.3 Å². The molecule has 5 aliphatic carbocycles. The van der Waals surface area contributed by atoms with E-state index in [2.05, 4.69) is 67.5 Å². The maximum Gasteiger partial charge on any atom is 0.0616 e. The first kappa shape index (κ1) is 23.2. The molecule has 0 aromatic rings. The summed E-state index contributed by atoms with van der Waals surface area (Å²) >= 11 is 0. The van der Waals surface area contributed by atoms with Crippen molar-refractivity contribution in [3.05, 3.63) is 23.3 Å². The molecular formula is C30H48O2. The average molecular weight is 441 g/mol. The minimum atomic E-state index is -0.197. The van der Waals surface area contributed by atoms with E-state index in [1.165, 1.54) is 25.7 Å². The maximum absolute atomic E-state index is 11.1. The molecule has 0 aromatic heterocycles. The monoisotopic (exact) mass is 440 g/mol. The zero-order valence-corrected chi connectivity index (χ0v) is 22.0. The predicted molar refractivity (Wildman–Crippen MR) is 132 cm³/mol. The van der Waals surface area contributed by atoms with Gasteiger partial charge in [-0.2, -0.15) is 0 Å². The van der Waals surface area contributed by atoms with E-state index in [9.17, 15) is 10.2 Å². The number of allylic oxidation sites excluding steroid dienone is 3. The Morgan fingerprint density at radius 3 is 2.25 bits per heavy atom. The van der Waals surface area contributed by atoms with Crippen LogP contribution in [0.3, 0.4) is 0 Å². The van der Waals surface area contributed by atoms with Crippen LogP contribution in [0.25, 0.3) is 0 Å². The van der Waals surface area contributed by atoms with Crippen molar-refractivity contribution in [2.45, 2.75) is 113 Å². The lowest BCUT2D eigenvalue weighted by molar-refractivity contribution is -0.181. The maximum atomic E-state index is 11.1. The lowest BCUT2D eigenvalue weighted by Crippen LogP contribution is -2.62. The van der Waals surface area contributed by atoms with Crippen molar-refractivity contribution in [3.63, 3.8) is 0 Å². The van der Waals surface area contributed by atoms with Crippen LogP contribution in [0.15, 0.2) is 23.3 Å². The quantitative estimate of drug-likeness (QED) is 0.465. The number of fused-ring (bicyclic) bond motifs is 6. The Hall–Kier alpha value is -0.600. The number of rotatable bonds is 1. The number of hydrogen-bond donors (Lipinski definition) is 2. The zero-order valence-electron chi connectivity index (χ0n) is 22.0. The predicted octanol–water partition coefficient (Wildman–Crippen LogP) is 6.92. The second-order valence-electron chi connectivity index (χ2n) is 14.5. The third-order valence-corrected chi connectivity index (χ3v) is 12.4. The highest BCUT2D eigenvalue weighted by Gasteiger charge is 2.67. The topological polar surface area (TPSA) is 40.5 Å². The zero-order chi connectivity index (χ0) is 23.5. The van der Waals surface area contributed by atoms with Gasteiger partial charge in [0, 0.05) is 5.92 Å². The van der Waals surface area contributed by atoms with E-state index in [-0.39, 0.29) is 39.3 Å². The van der Waals surface area contributed by atoms with Gasteiger partial charge in [-0.1, -0.05) is 73.1 Å². The molecule has 0 saturated heterocycles. The Balaban J connectivity index is 1.68. The van der Waals surface area contributed by atoms with Gasteiger partial charge in [-0.3, -0.25) is 0 Å². The molecule has 3 fully saturated rings. The molecule has 5 aliphatic rings.